The fourth-order valence-electron chi connectivity index (χ4n) is 8.40. The number of anilines is 3. The molecule has 0 aliphatic carbocycles. The van der Waals surface area contributed by atoms with Crippen molar-refractivity contribution in [3.63, 3.8) is 0 Å². The molecule has 1 aromatic heterocycles. The number of rotatable bonds is 5. The van der Waals surface area contributed by atoms with Gasteiger partial charge in [-0.2, -0.15) is 0 Å². The fraction of sp³-hybridized carbons (Fsp3) is 0. The number of fused-ring (bicyclic) bond motifs is 9. The Balaban J connectivity index is 1.05. The van der Waals surface area contributed by atoms with Crippen LogP contribution in [0.15, 0.2) is 205 Å². The summed E-state index contributed by atoms with van der Waals surface area (Å²) in [7, 11) is 0. The lowest BCUT2D eigenvalue weighted by atomic mass is 9.97. The van der Waals surface area contributed by atoms with Gasteiger partial charge in [-0.3, -0.25) is 0 Å². The minimum Gasteiger partial charge on any atom is -0.455 e. The Morgan fingerprint density at radius 3 is 1.69 bits per heavy atom. The number of furan rings is 1. The van der Waals surface area contributed by atoms with Gasteiger partial charge in [0.15, 0.2) is 0 Å². The summed E-state index contributed by atoms with van der Waals surface area (Å²) in [5.41, 5.74) is 9.88. The van der Waals surface area contributed by atoms with Gasteiger partial charge in [0.2, 0.25) is 0 Å². The van der Waals surface area contributed by atoms with Crippen molar-refractivity contribution in [3.05, 3.63) is 200 Å². The zero-order valence-corrected chi connectivity index (χ0v) is 29.4. The summed E-state index contributed by atoms with van der Waals surface area (Å²) < 4.78 is 6.53. The number of hydrogen-bond acceptors (Lipinski definition) is 2. The zero-order valence-electron chi connectivity index (χ0n) is 29.4. The summed E-state index contributed by atoms with van der Waals surface area (Å²) in [6.07, 6.45) is 0. The molecule has 0 bridgehead atoms. The van der Waals surface area contributed by atoms with E-state index in [0.29, 0.717) is 0 Å². The summed E-state index contributed by atoms with van der Waals surface area (Å²) >= 11 is 0. The second-order valence-electron chi connectivity index (χ2n) is 14.1. The maximum Gasteiger partial charge on any atom is 0.143 e. The molecule has 1 heterocycles. The van der Waals surface area contributed by atoms with Crippen LogP contribution in [-0.4, -0.2) is 0 Å². The largest absolute Gasteiger partial charge is 0.455 e. The Labute approximate surface area is 312 Å². The molecule has 0 radical (unpaired) electrons. The third kappa shape index (κ3) is 4.88. The quantitative estimate of drug-likeness (QED) is 0.168. The van der Waals surface area contributed by atoms with Gasteiger partial charge >= 0.3 is 0 Å². The number of nitrogens with zero attached hydrogens (tertiary/aromatic N) is 1. The van der Waals surface area contributed by atoms with E-state index in [1.165, 1.54) is 48.8 Å². The first kappa shape index (κ1) is 30.5. The van der Waals surface area contributed by atoms with E-state index in [2.05, 4.69) is 205 Å². The molecule has 0 atom stereocenters. The second-order valence-corrected chi connectivity index (χ2v) is 14.1. The average Bonchev–Trinajstić information content (AvgIpc) is 3.64. The van der Waals surface area contributed by atoms with Gasteiger partial charge in [0.25, 0.3) is 0 Å². The molecule has 0 aliphatic heterocycles. The molecule has 0 fully saturated rings. The number of benzene rings is 10. The molecule has 2 heteroatoms. The van der Waals surface area contributed by atoms with Crippen LogP contribution in [0.1, 0.15) is 0 Å². The first-order valence-electron chi connectivity index (χ1n) is 18.5. The first-order chi connectivity index (χ1) is 26.8. The predicted molar refractivity (Wildman–Crippen MR) is 229 cm³/mol. The van der Waals surface area contributed by atoms with E-state index in [1.807, 2.05) is 0 Å². The van der Waals surface area contributed by atoms with Crippen LogP contribution in [0, 0.1) is 0 Å². The second kappa shape index (κ2) is 12.2. The van der Waals surface area contributed by atoms with Crippen molar-refractivity contribution < 1.29 is 4.42 Å². The van der Waals surface area contributed by atoms with Crippen LogP contribution < -0.4 is 4.90 Å². The van der Waals surface area contributed by atoms with E-state index in [-0.39, 0.29) is 0 Å². The van der Waals surface area contributed by atoms with Crippen molar-refractivity contribution in [3.8, 4) is 22.3 Å². The van der Waals surface area contributed by atoms with E-state index in [9.17, 15) is 0 Å². The molecule has 0 saturated heterocycles. The van der Waals surface area contributed by atoms with Gasteiger partial charge in [-0.25, -0.2) is 0 Å². The highest BCUT2D eigenvalue weighted by atomic mass is 16.3. The maximum atomic E-state index is 6.53. The third-order valence-electron chi connectivity index (χ3n) is 11.0. The minimum absolute atomic E-state index is 0.902. The van der Waals surface area contributed by atoms with Crippen LogP contribution in [0.2, 0.25) is 0 Å². The molecule has 0 unspecified atom stereocenters. The topological polar surface area (TPSA) is 16.4 Å². The summed E-state index contributed by atoms with van der Waals surface area (Å²) in [6, 6.07) is 72.3. The van der Waals surface area contributed by atoms with E-state index in [4.69, 9.17) is 4.42 Å². The highest BCUT2D eigenvalue weighted by Crippen LogP contribution is 2.43. The fourth-order valence-corrected chi connectivity index (χ4v) is 8.40. The molecule has 11 aromatic rings. The van der Waals surface area contributed by atoms with Crippen molar-refractivity contribution in [1.82, 2.24) is 0 Å². The average molecular weight is 688 g/mol. The van der Waals surface area contributed by atoms with Gasteiger partial charge < -0.3 is 9.32 Å². The van der Waals surface area contributed by atoms with E-state index in [0.717, 1.165) is 55.5 Å². The molecule has 0 amide bonds. The first-order valence-corrected chi connectivity index (χ1v) is 18.5. The summed E-state index contributed by atoms with van der Waals surface area (Å²) in [4.78, 5) is 2.39. The van der Waals surface area contributed by atoms with Gasteiger partial charge in [0.05, 0.1) is 5.69 Å². The molecular formula is C52H33NO. The van der Waals surface area contributed by atoms with Crippen LogP contribution in [0.5, 0.6) is 0 Å². The molecular weight excluding hydrogens is 655 g/mol. The molecule has 0 N–H and O–H groups in total. The highest BCUT2D eigenvalue weighted by Gasteiger charge is 2.19. The minimum atomic E-state index is 0.902. The van der Waals surface area contributed by atoms with Gasteiger partial charge in [0, 0.05) is 32.9 Å². The SMILES string of the molecule is c1ccc2cc(-c3ccc(N(c4ccc(-c5cccc6oc7c8ccccc8ccc7c56)cc4)c4cccc5c4ccc4ccccc45)cc3)ccc2c1. The summed E-state index contributed by atoms with van der Waals surface area (Å²) in [5.74, 6) is 0. The van der Waals surface area contributed by atoms with Crippen LogP contribution in [0.4, 0.5) is 17.1 Å². The lowest BCUT2D eigenvalue weighted by Gasteiger charge is -2.27. The molecule has 11 rings (SSSR count). The monoisotopic (exact) mass is 687 g/mol. The van der Waals surface area contributed by atoms with Crippen LogP contribution >= 0.6 is 0 Å². The van der Waals surface area contributed by atoms with Crippen molar-refractivity contribution >= 4 is 82.1 Å². The lowest BCUT2D eigenvalue weighted by molar-refractivity contribution is 0.673. The summed E-state index contributed by atoms with van der Waals surface area (Å²) in [6.45, 7) is 0. The van der Waals surface area contributed by atoms with E-state index in [1.54, 1.807) is 0 Å². The smallest absolute Gasteiger partial charge is 0.143 e. The Bertz CT molecular complexity index is 3210. The number of hydrogen-bond donors (Lipinski definition) is 0. The highest BCUT2D eigenvalue weighted by molar-refractivity contribution is 6.19. The third-order valence-corrected chi connectivity index (χ3v) is 11.0. The van der Waals surface area contributed by atoms with Crippen molar-refractivity contribution in [2.75, 3.05) is 4.90 Å². The summed E-state index contributed by atoms with van der Waals surface area (Å²) in [5, 5.41) is 12.1. The molecule has 0 saturated carbocycles. The van der Waals surface area contributed by atoms with Gasteiger partial charge in [-0.05, 0) is 103 Å². The Kier molecular flexibility index (Phi) is 6.90. The van der Waals surface area contributed by atoms with Gasteiger partial charge in [0.1, 0.15) is 11.2 Å². The maximum absolute atomic E-state index is 6.53. The molecule has 54 heavy (non-hydrogen) atoms. The normalized spacial score (nSPS) is 11.7. The van der Waals surface area contributed by atoms with Gasteiger partial charge in [-0.15, -0.1) is 0 Å². The standard InChI is InChI=1S/C52H33NO/c1-2-12-39-33-40(20-19-34(39)9-1)35-21-27-41(28-22-35)53(49-17-7-16-46-43-13-5-3-10-36(43)25-31-47(46)49)42-29-23-38(24-30-42)44-15-8-18-50-51(44)48-32-26-37-11-4-6-14-45(37)52(48)54-50/h1-33H. The van der Waals surface area contributed by atoms with Crippen LogP contribution in [-0.2, 0) is 0 Å². The predicted octanol–water partition coefficient (Wildman–Crippen LogP) is 15.0. The van der Waals surface area contributed by atoms with E-state index >= 15 is 0 Å². The zero-order chi connectivity index (χ0) is 35.6. The Morgan fingerprint density at radius 1 is 0.333 bits per heavy atom. The van der Waals surface area contributed by atoms with Crippen LogP contribution in [0.25, 0.3) is 87.3 Å². The van der Waals surface area contributed by atoms with Crippen molar-refractivity contribution in [2.45, 2.75) is 0 Å². The van der Waals surface area contributed by atoms with Gasteiger partial charge in [-0.1, -0.05) is 152 Å². The van der Waals surface area contributed by atoms with Crippen molar-refractivity contribution in [1.29, 1.82) is 0 Å². The molecule has 10 aromatic carbocycles. The molecule has 0 spiro atoms. The molecule has 0 aliphatic rings. The van der Waals surface area contributed by atoms with E-state index < -0.39 is 0 Å². The Hall–Kier alpha value is -7.16. The molecule has 2 nitrogen and oxygen atoms in total. The lowest BCUT2D eigenvalue weighted by Crippen LogP contribution is -2.10. The molecule has 252 valence electrons. The van der Waals surface area contributed by atoms with Crippen LogP contribution in [0.3, 0.4) is 0 Å². The van der Waals surface area contributed by atoms with Crippen molar-refractivity contribution in [2.24, 2.45) is 0 Å². The Morgan fingerprint density at radius 2 is 0.907 bits per heavy atom.